The fourth-order valence-electron chi connectivity index (χ4n) is 1.46. The molecule has 1 aromatic heterocycles. The molecule has 0 aliphatic rings. The summed E-state index contributed by atoms with van der Waals surface area (Å²) in [6, 6.07) is 4.11. The highest BCUT2D eigenvalue weighted by molar-refractivity contribution is 7.80. The maximum Gasteiger partial charge on any atom is 0.136 e. The molecule has 0 amide bonds. The van der Waals surface area contributed by atoms with E-state index in [0.29, 0.717) is 11.0 Å². The molecule has 0 spiro atoms. The summed E-state index contributed by atoms with van der Waals surface area (Å²) in [5, 5.41) is 3.31. The zero-order chi connectivity index (χ0) is 11.3. The molecule has 1 heterocycles. The first-order valence-corrected chi connectivity index (χ1v) is 5.57. The third kappa shape index (κ3) is 3.47. The lowest BCUT2D eigenvalue weighted by atomic mass is 10.2. The topological polar surface area (TPSA) is 50.9 Å². The predicted octanol–water partition coefficient (Wildman–Crippen LogP) is 2.32. The van der Waals surface area contributed by atoms with E-state index in [1.807, 2.05) is 12.1 Å². The number of hydrogen-bond donors (Lipinski definition) is 2. The number of anilines is 1. The Morgan fingerprint density at radius 1 is 1.67 bits per heavy atom. The summed E-state index contributed by atoms with van der Waals surface area (Å²) in [6.07, 6.45) is 3.99. The van der Waals surface area contributed by atoms with Crippen LogP contribution in [0.25, 0.3) is 0 Å². The lowest BCUT2D eigenvalue weighted by Gasteiger charge is -2.15. The number of pyridine rings is 1. The van der Waals surface area contributed by atoms with Gasteiger partial charge in [-0.15, -0.1) is 0 Å². The molecule has 3 N–H and O–H groups in total. The second-order valence-corrected chi connectivity index (χ2v) is 4.04. The Balaban J connectivity index is 2.79. The van der Waals surface area contributed by atoms with E-state index in [1.54, 1.807) is 6.20 Å². The Labute approximate surface area is 96.1 Å². The molecule has 1 aromatic rings. The number of aromatic nitrogens is 1. The van der Waals surface area contributed by atoms with E-state index in [-0.39, 0.29) is 0 Å². The highest BCUT2D eigenvalue weighted by Gasteiger charge is 2.08. The van der Waals surface area contributed by atoms with Crippen molar-refractivity contribution in [2.75, 3.05) is 5.32 Å². The molecular weight excluding hydrogens is 206 g/mol. The van der Waals surface area contributed by atoms with E-state index in [9.17, 15) is 0 Å². The molecule has 3 nitrogen and oxygen atoms in total. The van der Waals surface area contributed by atoms with Crippen molar-refractivity contribution < 1.29 is 0 Å². The molecule has 4 heteroatoms. The van der Waals surface area contributed by atoms with Gasteiger partial charge >= 0.3 is 0 Å². The van der Waals surface area contributed by atoms with Gasteiger partial charge in [0.05, 0.1) is 5.56 Å². The van der Waals surface area contributed by atoms with Gasteiger partial charge in [0.25, 0.3) is 0 Å². The molecule has 1 atom stereocenters. The predicted molar refractivity (Wildman–Crippen MR) is 68.1 cm³/mol. The molecule has 0 saturated heterocycles. The summed E-state index contributed by atoms with van der Waals surface area (Å²) in [5.74, 6) is 0.783. The minimum Gasteiger partial charge on any atom is -0.389 e. The molecule has 0 aromatic carbocycles. The van der Waals surface area contributed by atoms with E-state index < -0.39 is 0 Å². The van der Waals surface area contributed by atoms with Gasteiger partial charge in [-0.2, -0.15) is 0 Å². The highest BCUT2D eigenvalue weighted by Crippen LogP contribution is 2.13. The van der Waals surface area contributed by atoms with Gasteiger partial charge < -0.3 is 11.1 Å². The summed E-state index contributed by atoms with van der Waals surface area (Å²) in [5.41, 5.74) is 6.43. The minimum atomic E-state index is 0.384. The standard InChI is InChI=1S/C11H17N3S/c1-3-5-8(2)14-11-9(10(12)15)6-4-7-13-11/h4,6-8H,3,5H2,1-2H3,(H2,12,15)(H,13,14). The molecule has 0 aliphatic heterocycles. The van der Waals surface area contributed by atoms with Gasteiger partial charge in [0, 0.05) is 12.2 Å². The number of nitrogens with one attached hydrogen (secondary N) is 1. The largest absolute Gasteiger partial charge is 0.389 e. The van der Waals surface area contributed by atoms with Crippen LogP contribution in [-0.4, -0.2) is 16.0 Å². The second-order valence-electron chi connectivity index (χ2n) is 3.60. The normalized spacial score (nSPS) is 12.1. The van der Waals surface area contributed by atoms with Crippen molar-refractivity contribution in [1.82, 2.24) is 4.98 Å². The summed E-state index contributed by atoms with van der Waals surface area (Å²) in [4.78, 5) is 4.63. The first kappa shape index (κ1) is 11.9. The molecule has 0 radical (unpaired) electrons. The number of nitrogens with two attached hydrogens (primary N) is 1. The summed E-state index contributed by atoms with van der Waals surface area (Å²) in [7, 11) is 0. The van der Waals surface area contributed by atoms with E-state index in [4.69, 9.17) is 18.0 Å². The zero-order valence-electron chi connectivity index (χ0n) is 9.16. The Bertz CT molecular complexity index is 338. The van der Waals surface area contributed by atoms with Crippen molar-refractivity contribution >= 4 is 23.0 Å². The average Bonchev–Trinajstić information content (AvgIpc) is 2.18. The molecule has 15 heavy (non-hydrogen) atoms. The molecule has 0 saturated carbocycles. The van der Waals surface area contributed by atoms with Crippen molar-refractivity contribution in [1.29, 1.82) is 0 Å². The minimum absolute atomic E-state index is 0.384. The number of rotatable bonds is 5. The van der Waals surface area contributed by atoms with Crippen LogP contribution in [0.3, 0.4) is 0 Å². The Hall–Kier alpha value is -1.16. The first-order chi connectivity index (χ1) is 7.15. The van der Waals surface area contributed by atoms with Crippen molar-refractivity contribution in [2.45, 2.75) is 32.7 Å². The third-order valence-corrected chi connectivity index (χ3v) is 2.40. The zero-order valence-corrected chi connectivity index (χ0v) is 9.97. The molecule has 0 fully saturated rings. The fraction of sp³-hybridized carbons (Fsp3) is 0.455. The van der Waals surface area contributed by atoms with Gasteiger partial charge in [-0.1, -0.05) is 25.6 Å². The van der Waals surface area contributed by atoms with E-state index in [2.05, 4.69) is 24.1 Å². The molecular formula is C11H17N3S. The van der Waals surface area contributed by atoms with Crippen LogP contribution in [0.15, 0.2) is 18.3 Å². The second kappa shape index (κ2) is 5.66. The number of thiocarbonyl (C=S) groups is 1. The van der Waals surface area contributed by atoms with Gasteiger partial charge in [0.15, 0.2) is 0 Å². The maximum absolute atomic E-state index is 5.62. The summed E-state index contributed by atoms with van der Waals surface area (Å²) >= 11 is 4.96. The summed E-state index contributed by atoms with van der Waals surface area (Å²) in [6.45, 7) is 4.28. The quantitative estimate of drug-likeness (QED) is 0.752. The van der Waals surface area contributed by atoms with Gasteiger partial charge in [-0.3, -0.25) is 0 Å². The fourth-order valence-corrected chi connectivity index (χ4v) is 1.62. The van der Waals surface area contributed by atoms with Gasteiger partial charge in [0.2, 0.25) is 0 Å². The van der Waals surface area contributed by atoms with Gasteiger partial charge in [-0.05, 0) is 25.5 Å². The molecule has 1 rings (SSSR count). The Kier molecular flexibility index (Phi) is 4.49. The Morgan fingerprint density at radius 2 is 2.40 bits per heavy atom. The lowest BCUT2D eigenvalue weighted by Crippen LogP contribution is -2.20. The smallest absolute Gasteiger partial charge is 0.136 e. The van der Waals surface area contributed by atoms with Crippen molar-refractivity contribution in [2.24, 2.45) is 5.73 Å². The van der Waals surface area contributed by atoms with Crippen molar-refractivity contribution in [3.8, 4) is 0 Å². The van der Waals surface area contributed by atoms with Crippen LogP contribution in [0.1, 0.15) is 32.3 Å². The summed E-state index contributed by atoms with van der Waals surface area (Å²) < 4.78 is 0. The Morgan fingerprint density at radius 3 is 3.00 bits per heavy atom. The van der Waals surface area contributed by atoms with Gasteiger partial charge in [0.1, 0.15) is 10.8 Å². The van der Waals surface area contributed by atoms with Crippen LogP contribution in [-0.2, 0) is 0 Å². The highest BCUT2D eigenvalue weighted by atomic mass is 32.1. The van der Waals surface area contributed by atoms with E-state index >= 15 is 0 Å². The molecule has 1 unspecified atom stereocenters. The van der Waals surface area contributed by atoms with Crippen LogP contribution in [0.5, 0.6) is 0 Å². The van der Waals surface area contributed by atoms with E-state index in [1.165, 1.54) is 0 Å². The van der Waals surface area contributed by atoms with Crippen LogP contribution in [0, 0.1) is 0 Å². The van der Waals surface area contributed by atoms with Crippen molar-refractivity contribution in [3.63, 3.8) is 0 Å². The molecule has 82 valence electrons. The third-order valence-electron chi connectivity index (χ3n) is 2.18. The molecule has 0 aliphatic carbocycles. The van der Waals surface area contributed by atoms with Crippen LogP contribution >= 0.6 is 12.2 Å². The lowest BCUT2D eigenvalue weighted by molar-refractivity contribution is 0.687. The van der Waals surface area contributed by atoms with Crippen LogP contribution in [0.4, 0.5) is 5.82 Å². The maximum atomic E-state index is 5.62. The molecule has 0 bridgehead atoms. The van der Waals surface area contributed by atoms with E-state index in [0.717, 1.165) is 24.2 Å². The first-order valence-electron chi connectivity index (χ1n) is 5.16. The van der Waals surface area contributed by atoms with Crippen LogP contribution < -0.4 is 11.1 Å². The van der Waals surface area contributed by atoms with Crippen LogP contribution in [0.2, 0.25) is 0 Å². The number of hydrogen-bond acceptors (Lipinski definition) is 3. The SMILES string of the molecule is CCCC(C)Nc1ncccc1C(N)=S. The van der Waals surface area contributed by atoms with Gasteiger partial charge in [-0.25, -0.2) is 4.98 Å². The van der Waals surface area contributed by atoms with Crippen molar-refractivity contribution in [3.05, 3.63) is 23.9 Å². The average molecular weight is 223 g/mol. The monoisotopic (exact) mass is 223 g/mol. The number of nitrogens with zero attached hydrogens (tertiary/aromatic N) is 1.